The molecule has 0 radical (unpaired) electrons. The summed E-state index contributed by atoms with van der Waals surface area (Å²) in [5, 5.41) is 0.566. The Bertz CT molecular complexity index is 980. The van der Waals surface area contributed by atoms with Gasteiger partial charge in [-0.2, -0.15) is 0 Å². The van der Waals surface area contributed by atoms with Gasteiger partial charge in [0.1, 0.15) is 24.2 Å². The lowest BCUT2D eigenvalue weighted by Gasteiger charge is -2.21. The molecule has 0 saturated heterocycles. The molecule has 0 atom stereocenters. The van der Waals surface area contributed by atoms with Gasteiger partial charge < -0.3 is 14.9 Å². The maximum absolute atomic E-state index is 12.8. The van der Waals surface area contributed by atoms with E-state index in [1.807, 2.05) is 36.4 Å². The van der Waals surface area contributed by atoms with Crippen molar-refractivity contribution in [2.45, 2.75) is 25.3 Å². The number of hydrogen-bond acceptors (Lipinski definition) is 5. The Kier molecular flexibility index (Phi) is 5.74. The number of ether oxygens (including phenoxy) is 1. The summed E-state index contributed by atoms with van der Waals surface area (Å²) in [5.74, 6) is 0.720. The van der Waals surface area contributed by atoms with Crippen LogP contribution in [0.3, 0.4) is 0 Å². The zero-order chi connectivity index (χ0) is 19.3. The van der Waals surface area contributed by atoms with Crippen LogP contribution in [0.5, 0.6) is 5.75 Å². The molecule has 4 rings (SSSR count). The first-order chi connectivity index (χ1) is 13.8. The highest BCUT2D eigenvalue weighted by molar-refractivity contribution is 5.82. The topological polar surface area (TPSA) is 68.7 Å². The molecule has 0 spiro atoms. The Morgan fingerprint density at radius 1 is 1.11 bits per heavy atom. The fraction of sp³-hybridized carbons (Fsp3) is 0.348. The normalized spacial score (nSPS) is 13.9. The average Bonchev–Trinajstić information content (AvgIpc) is 3.57. The molecule has 5 heteroatoms. The maximum atomic E-state index is 12.8. The maximum Gasteiger partial charge on any atom is 0.200 e. The zero-order valence-electron chi connectivity index (χ0n) is 16.0. The predicted octanol–water partition coefficient (Wildman–Crippen LogP) is 3.65. The van der Waals surface area contributed by atoms with Gasteiger partial charge in [-0.25, -0.2) is 0 Å². The largest absolute Gasteiger partial charge is 0.492 e. The highest BCUT2D eigenvalue weighted by Gasteiger charge is 2.28. The predicted molar refractivity (Wildman–Crippen MR) is 112 cm³/mol. The lowest BCUT2D eigenvalue weighted by atomic mass is 10.1. The van der Waals surface area contributed by atoms with Crippen molar-refractivity contribution in [2.24, 2.45) is 5.73 Å². The highest BCUT2D eigenvalue weighted by Crippen LogP contribution is 2.27. The molecule has 3 aromatic rings. The summed E-state index contributed by atoms with van der Waals surface area (Å²) >= 11 is 0. The van der Waals surface area contributed by atoms with E-state index in [2.05, 4.69) is 4.90 Å². The number of hydrogen-bond donors (Lipinski definition) is 1. The van der Waals surface area contributed by atoms with E-state index in [4.69, 9.17) is 14.9 Å². The molecular weight excluding hydrogens is 352 g/mol. The third kappa shape index (κ3) is 4.26. The van der Waals surface area contributed by atoms with Crippen LogP contribution < -0.4 is 15.9 Å². The number of nitrogens with two attached hydrogens (primary N) is 1. The van der Waals surface area contributed by atoms with E-state index >= 15 is 0 Å². The second-order valence-corrected chi connectivity index (χ2v) is 7.26. The molecule has 0 aliphatic heterocycles. The number of fused-ring (bicyclic) bond motifs is 1. The summed E-state index contributed by atoms with van der Waals surface area (Å²) in [6.45, 7) is 3.25. The molecule has 1 aliphatic carbocycles. The summed E-state index contributed by atoms with van der Waals surface area (Å²) in [6, 6.07) is 15.7. The van der Waals surface area contributed by atoms with Gasteiger partial charge in [-0.05, 0) is 50.0 Å². The molecule has 2 N–H and O–H groups in total. The quantitative estimate of drug-likeness (QED) is 0.615. The molecule has 1 fully saturated rings. The summed E-state index contributed by atoms with van der Waals surface area (Å²) in [5.41, 5.74) is 7.58. The standard InChI is InChI=1S/C23H26N2O3/c24-11-4-12-25(18-7-8-18)13-14-27-19-9-10-20-22(15-19)28-16-21(23(20)26)17-5-2-1-3-6-17/h1-3,5-6,9-10,15-16,18H,4,7-8,11-14,24H2. The summed E-state index contributed by atoms with van der Waals surface area (Å²) in [4.78, 5) is 15.3. The lowest BCUT2D eigenvalue weighted by Crippen LogP contribution is -2.32. The Morgan fingerprint density at radius 3 is 2.68 bits per heavy atom. The molecule has 1 heterocycles. The first-order valence-electron chi connectivity index (χ1n) is 9.94. The second kappa shape index (κ2) is 8.59. The van der Waals surface area contributed by atoms with Crippen molar-refractivity contribution < 1.29 is 9.15 Å². The fourth-order valence-electron chi connectivity index (χ4n) is 3.51. The second-order valence-electron chi connectivity index (χ2n) is 7.26. The van der Waals surface area contributed by atoms with Gasteiger partial charge >= 0.3 is 0 Å². The van der Waals surface area contributed by atoms with Crippen LogP contribution in [-0.2, 0) is 0 Å². The Balaban J connectivity index is 1.45. The number of nitrogens with zero attached hydrogens (tertiary/aromatic N) is 1. The monoisotopic (exact) mass is 378 g/mol. The summed E-state index contributed by atoms with van der Waals surface area (Å²) in [7, 11) is 0. The van der Waals surface area contributed by atoms with Crippen molar-refractivity contribution in [3.63, 3.8) is 0 Å². The van der Waals surface area contributed by atoms with Crippen LogP contribution in [0.2, 0.25) is 0 Å². The molecule has 2 aromatic carbocycles. The van der Waals surface area contributed by atoms with Gasteiger partial charge in [-0.1, -0.05) is 30.3 Å². The molecular formula is C23H26N2O3. The van der Waals surface area contributed by atoms with E-state index < -0.39 is 0 Å². The van der Waals surface area contributed by atoms with E-state index in [0.29, 0.717) is 29.2 Å². The van der Waals surface area contributed by atoms with Gasteiger partial charge in [0.05, 0.1) is 10.9 Å². The molecule has 28 heavy (non-hydrogen) atoms. The van der Waals surface area contributed by atoms with Gasteiger partial charge in [0.25, 0.3) is 0 Å². The van der Waals surface area contributed by atoms with Crippen LogP contribution in [0.4, 0.5) is 0 Å². The highest BCUT2D eigenvalue weighted by atomic mass is 16.5. The van der Waals surface area contributed by atoms with Crippen molar-refractivity contribution in [3.05, 3.63) is 65.0 Å². The molecule has 0 amide bonds. The SMILES string of the molecule is NCCCN(CCOc1ccc2c(=O)c(-c3ccccc3)coc2c1)C1CC1. The molecule has 0 bridgehead atoms. The van der Waals surface area contributed by atoms with Crippen LogP contribution in [0.15, 0.2) is 64.0 Å². The van der Waals surface area contributed by atoms with Crippen LogP contribution >= 0.6 is 0 Å². The molecule has 1 aromatic heterocycles. The van der Waals surface area contributed by atoms with E-state index in [0.717, 1.165) is 37.4 Å². The third-order valence-electron chi connectivity index (χ3n) is 5.19. The van der Waals surface area contributed by atoms with Crippen molar-refractivity contribution in [1.82, 2.24) is 4.90 Å². The lowest BCUT2D eigenvalue weighted by molar-refractivity contribution is 0.201. The van der Waals surface area contributed by atoms with Gasteiger partial charge in [-0.3, -0.25) is 9.69 Å². The van der Waals surface area contributed by atoms with E-state index in [1.165, 1.54) is 19.1 Å². The zero-order valence-corrected chi connectivity index (χ0v) is 16.0. The van der Waals surface area contributed by atoms with Gasteiger partial charge in [0.2, 0.25) is 0 Å². The first-order valence-corrected chi connectivity index (χ1v) is 9.94. The van der Waals surface area contributed by atoms with Crippen molar-refractivity contribution in [3.8, 4) is 16.9 Å². The first kappa shape index (κ1) is 18.7. The molecule has 5 nitrogen and oxygen atoms in total. The third-order valence-corrected chi connectivity index (χ3v) is 5.19. The Hall–Kier alpha value is -2.63. The van der Waals surface area contributed by atoms with Crippen molar-refractivity contribution >= 4 is 11.0 Å². The van der Waals surface area contributed by atoms with Crippen LogP contribution in [0, 0.1) is 0 Å². The van der Waals surface area contributed by atoms with E-state index in [9.17, 15) is 4.79 Å². The van der Waals surface area contributed by atoms with E-state index in [1.54, 1.807) is 12.1 Å². The minimum absolute atomic E-state index is 0.0271. The minimum Gasteiger partial charge on any atom is -0.492 e. The van der Waals surface area contributed by atoms with Crippen LogP contribution in [-0.4, -0.2) is 37.2 Å². The van der Waals surface area contributed by atoms with E-state index in [-0.39, 0.29) is 5.43 Å². The minimum atomic E-state index is -0.0271. The summed E-state index contributed by atoms with van der Waals surface area (Å²) in [6.07, 6.45) is 5.09. The van der Waals surface area contributed by atoms with Crippen LogP contribution in [0.1, 0.15) is 19.3 Å². The van der Waals surface area contributed by atoms with Crippen molar-refractivity contribution in [1.29, 1.82) is 0 Å². The Labute approximate surface area is 164 Å². The van der Waals surface area contributed by atoms with Crippen LogP contribution in [0.25, 0.3) is 22.1 Å². The summed E-state index contributed by atoms with van der Waals surface area (Å²) < 4.78 is 11.7. The average molecular weight is 378 g/mol. The number of benzene rings is 2. The smallest absolute Gasteiger partial charge is 0.200 e. The van der Waals surface area contributed by atoms with Crippen molar-refractivity contribution in [2.75, 3.05) is 26.2 Å². The molecule has 146 valence electrons. The number of rotatable bonds is 9. The fourth-order valence-corrected chi connectivity index (χ4v) is 3.51. The molecule has 0 unspecified atom stereocenters. The van der Waals surface area contributed by atoms with Gasteiger partial charge in [0, 0.05) is 18.7 Å². The molecule has 1 aliphatic rings. The molecule has 1 saturated carbocycles. The Morgan fingerprint density at radius 2 is 1.93 bits per heavy atom. The van der Waals surface area contributed by atoms with Gasteiger partial charge in [-0.15, -0.1) is 0 Å². The van der Waals surface area contributed by atoms with Gasteiger partial charge in [0.15, 0.2) is 5.43 Å².